The molecule has 0 amide bonds. The van der Waals surface area contributed by atoms with E-state index in [2.05, 4.69) is 23.8 Å². The van der Waals surface area contributed by atoms with Crippen molar-refractivity contribution in [3.8, 4) is 11.6 Å². The number of benzene rings is 1. The number of rotatable bonds is 4. The Morgan fingerprint density at radius 2 is 2.05 bits per heavy atom. The van der Waals surface area contributed by atoms with Gasteiger partial charge in [0.15, 0.2) is 0 Å². The van der Waals surface area contributed by atoms with Gasteiger partial charge in [-0.15, -0.1) is 0 Å². The molecular formula is C16H21N3O2. The van der Waals surface area contributed by atoms with E-state index in [0.29, 0.717) is 23.9 Å². The largest absolute Gasteiger partial charge is 0.438 e. The zero-order chi connectivity index (χ0) is 15.6. The summed E-state index contributed by atoms with van der Waals surface area (Å²) in [5.74, 6) is 1.87. The molecule has 0 saturated heterocycles. The monoisotopic (exact) mass is 287 g/mol. The number of nitrogens with one attached hydrogen (secondary N) is 1. The number of nitrogens with zero attached hydrogens (tertiary/aromatic N) is 1. The SMILES string of the molecule is CCc1nc(Oc2cc(C)c(N)cc2C(C)C)cc(=O)[nH]1. The number of aryl methyl sites for hydroxylation is 2. The molecule has 1 heterocycles. The van der Waals surface area contributed by atoms with Gasteiger partial charge in [0.2, 0.25) is 5.88 Å². The molecule has 0 saturated carbocycles. The Labute approximate surface area is 124 Å². The summed E-state index contributed by atoms with van der Waals surface area (Å²) >= 11 is 0. The maximum atomic E-state index is 11.6. The maximum absolute atomic E-state index is 11.6. The van der Waals surface area contributed by atoms with E-state index in [0.717, 1.165) is 16.8 Å². The highest BCUT2D eigenvalue weighted by atomic mass is 16.5. The van der Waals surface area contributed by atoms with Crippen LogP contribution in [0.25, 0.3) is 0 Å². The number of ether oxygens (including phenoxy) is 1. The maximum Gasteiger partial charge on any atom is 0.254 e. The number of nitrogen functional groups attached to an aromatic ring is 1. The van der Waals surface area contributed by atoms with E-state index in [1.165, 1.54) is 6.07 Å². The quantitative estimate of drug-likeness (QED) is 0.846. The first-order valence-electron chi connectivity index (χ1n) is 7.08. The van der Waals surface area contributed by atoms with Gasteiger partial charge in [-0.25, -0.2) is 0 Å². The number of hydrogen-bond acceptors (Lipinski definition) is 4. The van der Waals surface area contributed by atoms with E-state index >= 15 is 0 Å². The van der Waals surface area contributed by atoms with Gasteiger partial charge in [-0.1, -0.05) is 20.8 Å². The second-order valence-corrected chi connectivity index (χ2v) is 5.39. The van der Waals surface area contributed by atoms with Gasteiger partial charge in [0.1, 0.15) is 11.6 Å². The summed E-state index contributed by atoms with van der Waals surface area (Å²) < 4.78 is 5.84. The standard InChI is InChI=1S/C16H21N3O2/c1-5-14-18-15(20)8-16(19-14)21-13-6-10(4)12(17)7-11(13)9(2)3/h6-9H,5,17H2,1-4H3,(H,18,19,20). The number of H-pyrrole nitrogens is 1. The summed E-state index contributed by atoms with van der Waals surface area (Å²) in [4.78, 5) is 18.6. The van der Waals surface area contributed by atoms with Crippen molar-refractivity contribution in [3.63, 3.8) is 0 Å². The highest BCUT2D eigenvalue weighted by Gasteiger charge is 2.12. The molecule has 0 radical (unpaired) electrons. The first-order chi connectivity index (χ1) is 9.90. The summed E-state index contributed by atoms with van der Waals surface area (Å²) in [6, 6.07) is 5.16. The Balaban J connectivity index is 2.46. The average molecular weight is 287 g/mol. The van der Waals surface area contributed by atoms with Crippen LogP contribution in [0.2, 0.25) is 0 Å². The van der Waals surface area contributed by atoms with Gasteiger partial charge in [-0.3, -0.25) is 4.79 Å². The van der Waals surface area contributed by atoms with Crippen LogP contribution in [0, 0.1) is 6.92 Å². The van der Waals surface area contributed by atoms with Gasteiger partial charge in [-0.05, 0) is 36.1 Å². The summed E-state index contributed by atoms with van der Waals surface area (Å²) in [6.07, 6.45) is 0.643. The number of aromatic amines is 1. The van der Waals surface area contributed by atoms with Crippen molar-refractivity contribution in [2.45, 2.75) is 40.0 Å². The lowest BCUT2D eigenvalue weighted by molar-refractivity contribution is 0.449. The van der Waals surface area contributed by atoms with Gasteiger partial charge < -0.3 is 15.5 Å². The van der Waals surface area contributed by atoms with Crippen molar-refractivity contribution in [2.75, 3.05) is 5.73 Å². The molecule has 0 aliphatic rings. The molecule has 1 aromatic carbocycles. The lowest BCUT2D eigenvalue weighted by Gasteiger charge is -2.15. The van der Waals surface area contributed by atoms with E-state index in [4.69, 9.17) is 10.5 Å². The molecule has 2 rings (SSSR count). The molecule has 5 nitrogen and oxygen atoms in total. The van der Waals surface area contributed by atoms with Crippen molar-refractivity contribution in [1.29, 1.82) is 0 Å². The molecule has 0 atom stereocenters. The summed E-state index contributed by atoms with van der Waals surface area (Å²) in [5, 5.41) is 0. The molecule has 0 fully saturated rings. The van der Waals surface area contributed by atoms with Gasteiger partial charge in [-0.2, -0.15) is 4.98 Å². The second kappa shape index (κ2) is 5.99. The first-order valence-corrected chi connectivity index (χ1v) is 7.08. The van der Waals surface area contributed by atoms with Crippen molar-refractivity contribution in [3.05, 3.63) is 45.5 Å². The Bertz CT molecular complexity index is 705. The smallest absolute Gasteiger partial charge is 0.254 e. The van der Waals surface area contributed by atoms with Gasteiger partial charge in [0, 0.05) is 12.1 Å². The Morgan fingerprint density at radius 1 is 1.33 bits per heavy atom. The van der Waals surface area contributed by atoms with Crippen molar-refractivity contribution < 1.29 is 4.74 Å². The molecule has 21 heavy (non-hydrogen) atoms. The molecule has 0 spiro atoms. The zero-order valence-electron chi connectivity index (χ0n) is 12.9. The Morgan fingerprint density at radius 3 is 2.67 bits per heavy atom. The zero-order valence-corrected chi connectivity index (χ0v) is 12.9. The normalized spacial score (nSPS) is 10.9. The molecular weight excluding hydrogens is 266 g/mol. The van der Waals surface area contributed by atoms with Crippen LogP contribution in [-0.2, 0) is 6.42 Å². The number of anilines is 1. The van der Waals surface area contributed by atoms with E-state index in [1.807, 2.05) is 26.0 Å². The predicted octanol–water partition coefficient (Wildman–Crippen LogP) is 3.14. The number of aromatic nitrogens is 2. The van der Waals surface area contributed by atoms with E-state index in [9.17, 15) is 4.79 Å². The number of nitrogens with two attached hydrogens (primary N) is 1. The minimum absolute atomic E-state index is 0.213. The van der Waals surface area contributed by atoms with Crippen molar-refractivity contribution in [2.24, 2.45) is 0 Å². The minimum Gasteiger partial charge on any atom is -0.438 e. The molecule has 1 aromatic heterocycles. The fourth-order valence-corrected chi connectivity index (χ4v) is 2.07. The Hall–Kier alpha value is -2.30. The van der Waals surface area contributed by atoms with E-state index in [1.54, 1.807) is 0 Å². The predicted molar refractivity (Wildman–Crippen MR) is 84.0 cm³/mol. The fourth-order valence-electron chi connectivity index (χ4n) is 2.07. The lowest BCUT2D eigenvalue weighted by atomic mass is 9.99. The molecule has 3 N–H and O–H groups in total. The van der Waals surface area contributed by atoms with Crippen LogP contribution in [0.4, 0.5) is 5.69 Å². The molecule has 112 valence electrons. The van der Waals surface area contributed by atoms with Crippen molar-refractivity contribution >= 4 is 5.69 Å². The van der Waals surface area contributed by atoms with Crippen molar-refractivity contribution in [1.82, 2.24) is 9.97 Å². The fraction of sp³-hybridized carbons (Fsp3) is 0.375. The highest BCUT2D eigenvalue weighted by molar-refractivity contribution is 5.55. The highest BCUT2D eigenvalue weighted by Crippen LogP contribution is 2.33. The minimum atomic E-state index is -0.213. The Kier molecular flexibility index (Phi) is 4.31. The van der Waals surface area contributed by atoms with Crippen LogP contribution in [0.1, 0.15) is 43.6 Å². The first kappa shape index (κ1) is 15.1. The van der Waals surface area contributed by atoms with Crippen LogP contribution in [-0.4, -0.2) is 9.97 Å². The van der Waals surface area contributed by atoms with Gasteiger partial charge in [0.25, 0.3) is 5.56 Å². The lowest BCUT2D eigenvalue weighted by Crippen LogP contribution is -2.10. The van der Waals surface area contributed by atoms with Crippen LogP contribution in [0.3, 0.4) is 0 Å². The third-order valence-electron chi connectivity index (χ3n) is 3.34. The third-order valence-corrected chi connectivity index (χ3v) is 3.34. The molecule has 5 heteroatoms. The van der Waals surface area contributed by atoms with Crippen LogP contribution >= 0.6 is 0 Å². The van der Waals surface area contributed by atoms with Crippen LogP contribution < -0.4 is 16.0 Å². The van der Waals surface area contributed by atoms with E-state index < -0.39 is 0 Å². The van der Waals surface area contributed by atoms with Gasteiger partial charge >= 0.3 is 0 Å². The topological polar surface area (TPSA) is 81.0 Å². The summed E-state index contributed by atoms with van der Waals surface area (Å²) in [7, 11) is 0. The second-order valence-electron chi connectivity index (χ2n) is 5.39. The average Bonchev–Trinajstić information content (AvgIpc) is 2.41. The number of hydrogen-bond donors (Lipinski definition) is 2. The molecule has 0 bridgehead atoms. The van der Waals surface area contributed by atoms with Crippen LogP contribution in [0.15, 0.2) is 23.0 Å². The molecule has 0 unspecified atom stereocenters. The van der Waals surface area contributed by atoms with Gasteiger partial charge in [0.05, 0.1) is 6.07 Å². The summed E-state index contributed by atoms with van der Waals surface area (Å²) in [5.41, 5.74) is 8.42. The molecule has 0 aliphatic heterocycles. The summed E-state index contributed by atoms with van der Waals surface area (Å²) in [6.45, 7) is 7.99. The van der Waals surface area contributed by atoms with E-state index in [-0.39, 0.29) is 11.5 Å². The molecule has 2 aromatic rings. The molecule has 0 aliphatic carbocycles. The third kappa shape index (κ3) is 3.42. The van der Waals surface area contributed by atoms with Crippen LogP contribution in [0.5, 0.6) is 11.6 Å².